The van der Waals surface area contributed by atoms with Crippen LogP contribution < -0.4 is 10.0 Å². The lowest BCUT2D eigenvalue weighted by Gasteiger charge is -2.07. The molecule has 0 radical (unpaired) electrons. The minimum absolute atomic E-state index is 0.119. The highest BCUT2D eigenvalue weighted by Crippen LogP contribution is 2.13. The third kappa shape index (κ3) is 5.57. The van der Waals surface area contributed by atoms with Crippen LogP contribution >= 0.6 is 0 Å². The van der Waals surface area contributed by atoms with Crippen LogP contribution in [0.2, 0.25) is 0 Å². The molecule has 0 aliphatic carbocycles. The van der Waals surface area contributed by atoms with Crippen molar-refractivity contribution in [2.75, 3.05) is 13.1 Å². The summed E-state index contributed by atoms with van der Waals surface area (Å²) in [7, 11) is -4.03. The van der Waals surface area contributed by atoms with Crippen LogP contribution in [0.3, 0.4) is 0 Å². The molecular formula is C14H16F2N4O4S. The maximum atomic E-state index is 13.1. The Hall–Kier alpha value is -2.40. The van der Waals surface area contributed by atoms with Gasteiger partial charge < -0.3 is 9.84 Å². The van der Waals surface area contributed by atoms with Crippen LogP contribution in [0.25, 0.3) is 0 Å². The number of aryl methyl sites for hydroxylation is 1. The average Bonchev–Trinajstić information content (AvgIpc) is 2.95. The molecule has 1 amide bonds. The van der Waals surface area contributed by atoms with Crippen molar-refractivity contribution in [3.63, 3.8) is 0 Å². The fraction of sp³-hybridized carbons (Fsp3) is 0.357. The first-order chi connectivity index (χ1) is 11.8. The number of halogens is 2. The number of carbonyl (C=O) groups excluding carboxylic acids is 1. The molecule has 0 aliphatic heterocycles. The first kappa shape index (κ1) is 18.9. The summed E-state index contributed by atoms with van der Waals surface area (Å²) < 4.78 is 56.8. The number of nitrogens with one attached hydrogen (secondary N) is 2. The molecule has 0 spiro atoms. The molecule has 0 saturated heterocycles. The van der Waals surface area contributed by atoms with Gasteiger partial charge in [-0.1, -0.05) is 5.16 Å². The molecule has 0 atom stereocenters. The monoisotopic (exact) mass is 374 g/mol. The predicted molar refractivity (Wildman–Crippen MR) is 81.9 cm³/mol. The molecule has 0 saturated carbocycles. The molecular weight excluding hydrogens is 358 g/mol. The molecule has 0 unspecified atom stereocenters. The van der Waals surface area contributed by atoms with Gasteiger partial charge in [-0.15, -0.1) is 0 Å². The summed E-state index contributed by atoms with van der Waals surface area (Å²) >= 11 is 0. The second kappa shape index (κ2) is 8.12. The lowest BCUT2D eigenvalue weighted by Crippen LogP contribution is -2.31. The van der Waals surface area contributed by atoms with Crippen molar-refractivity contribution in [3.05, 3.63) is 41.5 Å². The minimum Gasteiger partial charge on any atom is -0.356 e. The molecule has 0 fully saturated rings. The van der Waals surface area contributed by atoms with Gasteiger partial charge in [-0.25, -0.2) is 21.9 Å². The van der Waals surface area contributed by atoms with E-state index < -0.39 is 26.6 Å². The molecule has 0 aliphatic rings. The Labute approximate surface area is 142 Å². The van der Waals surface area contributed by atoms with Crippen molar-refractivity contribution in [2.45, 2.75) is 24.7 Å². The molecule has 136 valence electrons. The molecule has 2 rings (SSSR count). The Morgan fingerprint density at radius 1 is 1.24 bits per heavy atom. The van der Waals surface area contributed by atoms with Crippen molar-refractivity contribution < 1.29 is 26.5 Å². The summed E-state index contributed by atoms with van der Waals surface area (Å²) in [6, 6.07) is 2.23. The van der Waals surface area contributed by atoms with Crippen LogP contribution in [0.1, 0.15) is 18.1 Å². The van der Waals surface area contributed by atoms with E-state index in [-0.39, 0.29) is 25.4 Å². The van der Waals surface area contributed by atoms with Gasteiger partial charge in [0.25, 0.3) is 0 Å². The first-order valence-corrected chi connectivity index (χ1v) is 8.77. The number of hydrogen-bond donors (Lipinski definition) is 2. The van der Waals surface area contributed by atoms with Crippen molar-refractivity contribution in [1.82, 2.24) is 20.2 Å². The Bertz CT molecular complexity index is 854. The molecule has 1 aromatic heterocycles. The molecule has 11 heteroatoms. The standard InChI is InChI=1S/C14H16F2N4O4S/c1-9-19-14(24-20-9)5-6-17-13(21)4-7-18-25(22,23)10-2-3-11(15)12(16)8-10/h2-3,8,18H,4-7H2,1H3,(H,17,21). The smallest absolute Gasteiger partial charge is 0.240 e. The average molecular weight is 374 g/mol. The quantitative estimate of drug-likeness (QED) is 0.702. The van der Waals surface area contributed by atoms with Crippen molar-refractivity contribution in [1.29, 1.82) is 0 Å². The zero-order chi connectivity index (χ0) is 18.4. The normalized spacial score (nSPS) is 11.5. The number of hydrogen-bond acceptors (Lipinski definition) is 6. The van der Waals surface area contributed by atoms with E-state index >= 15 is 0 Å². The Morgan fingerprint density at radius 3 is 2.64 bits per heavy atom. The number of aromatic nitrogens is 2. The Balaban J connectivity index is 1.75. The van der Waals surface area contributed by atoms with Gasteiger partial charge in [-0.2, -0.15) is 4.98 Å². The van der Waals surface area contributed by atoms with E-state index in [0.29, 0.717) is 24.2 Å². The van der Waals surface area contributed by atoms with Gasteiger partial charge in [0.15, 0.2) is 17.5 Å². The van der Waals surface area contributed by atoms with Gasteiger partial charge in [-0.3, -0.25) is 4.79 Å². The van der Waals surface area contributed by atoms with Gasteiger partial charge in [0.05, 0.1) is 4.90 Å². The van der Waals surface area contributed by atoms with E-state index in [9.17, 15) is 22.0 Å². The summed E-state index contributed by atoms with van der Waals surface area (Å²) in [6.07, 6.45) is 0.235. The molecule has 8 nitrogen and oxygen atoms in total. The first-order valence-electron chi connectivity index (χ1n) is 7.28. The highest BCUT2D eigenvalue weighted by Gasteiger charge is 2.16. The van der Waals surface area contributed by atoms with Crippen LogP contribution in [0.4, 0.5) is 8.78 Å². The van der Waals surface area contributed by atoms with Crippen molar-refractivity contribution in [3.8, 4) is 0 Å². The van der Waals surface area contributed by atoms with Crippen LogP contribution in [0.5, 0.6) is 0 Å². The lowest BCUT2D eigenvalue weighted by molar-refractivity contribution is -0.120. The molecule has 1 heterocycles. The summed E-state index contributed by atoms with van der Waals surface area (Å²) in [6.45, 7) is 1.74. The number of amides is 1. The molecule has 2 aromatic rings. The largest absolute Gasteiger partial charge is 0.356 e. The minimum atomic E-state index is -4.03. The van der Waals surface area contributed by atoms with E-state index in [2.05, 4.69) is 20.2 Å². The number of carbonyl (C=O) groups is 1. The second-order valence-corrected chi connectivity index (χ2v) is 6.83. The molecule has 25 heavy (non-hydrogen) atoms. The highest BCUT2D eigenvalue weighted by atomic mass is 32.2. The van der Waals surface area contributed by atoms with Crippen molar-refractivity contribution in [2.24, 2.45) is 0 Å². The Kier molecular flexibility index (Phi) is 6.15. The van der Waals surface area contributed by atoms with Gasteiger partial charge in [0.1, 0.15) is 0 Å². The highest BCUT2D eigenvalue weighted by molar-refractivity contribution is 7.89. The van der Waals surface area contributed by atoms with Gasteiger partial charge in [0, 0.05) is 25.9 Å². The summed E-state index contributed by atoms with van der Waals surface area (Å²) in [5.41, 5.74) is 0. The fourth-order valence-corrected chi connectivity index (χ4v) is 2.91. The number of nitrogens with zero attached hydrogens (tertiary/aromatic N) is 2. The third-order valence-electron chi connectivity index (χ3n) is 3.08. The van der Waals surface area contributed by atoms with E-state index in [0.717, 1.165) is 12.1 Å². The number of rotatable bonds is 8. The summed E-state index contributed by atoms with van der Waals surface area (Å²) in [5, 5.41) is 6.18. The summed E-state index contributed by atoms with van der Waals surface area (Å²) in [4.78, 5) is 15.2. The van der Waals surface area contributed by atoms with E-state index in [1.165, 1.54) is 0 Å². The third-order valence-corrected chi connectivity index (χ3v) is 4.53. The maximum absolute atomic E-state index is 13.1. The van der Waals surface area contributed by atoms with Gasteiger partial charge >= 0.3 is 0 Å². The SMILES string of the molecule is Cc1noc(CCNC(=O)CCNS(=O)(=O)c2ccc(F)c(F)c2)n1. The van der Waals surface area contributed by atoms with Gasteiger partial charge in [0.2, 0.25) is 21.8 Å². The molecule has 0 bridgehead atoms. The van der Waals surface area contributed by atoms with Crippen LogP contribution in [0, 0.1) is 18.6 Å². The fourth-order valence-electron chi connectivity index (χ4n) is 1.87. The van der Waals surface area contributed by atoms with Crippen molar-refractivity contribution >= 4 is 15.9 Å². The zero-order valence-corrected chi connectivity index (χ0v) is 14.1. The van der Waals surface area contributed by atoms with Gasteiger partial charge in [-0.05, 0) is 25.1 Å². The predicted octanol–water partition coefficient (Wildman–Crippen LogP) is 0.684. The second-order valence-electron chi connectivity index (χ2n) is 5.06. The van der Waals surface area contributed by atoms with Crippen LogP contribution in [-0.4, -0.2) is 37.6 Å². The molecule has 2 N–H and O–H groups in total. The number of sulfonamides is 1. The van der Waals surface area contributed by atoms with E-state index in [1.54, 1.807) is 6.92 Å². The van der Waals surface area contributed by atoms with Crippen LogP contribution in [0.15, 0.2) is 27.6 Å². The van der Waals surface area contributed by atoms with E-state index in [1.807, 2.05) is 0 Å². The maximum Gasteiger partial charge on any atom is 0.240 e. The van der Waals surface area contributed by atoms with E-state index in [4.69, 9.17) is 4.52 Å². The Morgan fingerprint density at radius 2 is 2.00 bits per heavy atom. The topological polar surface area (TPSA) is 114 Å². The number of benzene rings is 1. The lowest BCUT2D eigenvalue weighted by atomic mass is 10.3. The zero-order valence-electron chi connectivity index (χ0n) is 13.3. The molecule has 1 aromatic carbocycles. The van der Waals surface area contributed by atoms with Crippen LogP contribution in [-0.2, 0) is 21.2 Å². The summed E-state index contributed by atoms with van der Waals surface area (Å²) in [5.74, 6) is -1.92.